The Morgan fingerprint density at radius 2 is 2.00 bits per heavy atom. The summed E-state index contributed by atoms with van der Waals surface area (Å²) in [6.07, 6.45) is -0.00566. The Bertz CT molecular complexity index is 386. The summed E-state index contributed by atoms with van der Waals surface area (Å²) in [5, 5.41) is -0.542. The monoisotopic (exact) mass is 264 g/mol. The van der Waals surface area contributed by atoms with Crippen LogP contribution in [0.5, 0.6) is 0 Å². The molecule has 1 amide bonds. The quantitative estimate of drug-likeness (QED) is 0.790. The summed E-state index contributed by atoms with van der Waals surface area (Å²) in [4.78, 5) is 13.1. The van der Waals surface area contributed by atoms with Crippen molar-refractivity contribution in [2.24, 2.45) is 0 Å². The SMILES string of the molecule is CNS(=O)(=O)[C@H]1CCN(C(=O)OC(C)(C)C)C1. The van der Waals surface area contributed by atoms with Crippen molar-refractivity contribution in [2.45, 2.75) is 38.0 Å². The van der Waals surface area contributed by atoms with Gasteiger partial charge >= 0.3 is 6.09 Å². The van der Waals surface area contributed by atoms with Crippen molar-refractivity contribution >= 4 is 16.1 Å². The van der Waals surface area contributed by atoms with Gasteiger partial charge in [0.05, 0.1) is 5.25 Å². The average molecular weight is 264 g/mol. The zero-order valence-electron chi connectivity index (χ0n) is 10.7. The predicted molar refractivity (Wildman–Crippen MR) is 64.2 cm³/mol. The summed E-state index contributed by atoms with van der Waals surface area (Å²) in [6, 6.07) is 0. The lowest BCUT2D eigenvalue weighted by molar-refractivity contribution is 0.0295. The van der Waals surface area contributed by atoms with Crippen molar-refractivity contribution in [3.05, 3.63) is 0 Å². The lowest BCUT2D eigenvalue weighted by atomic mass is 10.2. The molecule has 7 heteroatoms. The van der Waals surface area contributed by atoms with Crippen LogP contribution in [0.25, 0.3) is 0 Å². The van der Waals surface area contributed by atoms with Gasteiger partial charge in [0, 0.05) is 13.1 Å². The van der Waals surface area contributed by atoms with Gasteiger partial charge in [0.1, 0.15) is 5.60 Å². The molecule has 0 saturated carbocycles. The molecular weight excluding hydrogens is 244 g/mol. The molecule has 0 aromatic rings. The van der Waals surface area contributed by atoms with Gasteiger partial charge in [-0.1, -0.05) is 0 Å². The van der Waals surface area contributed by atoms with E-state index in [1.165, 1.54) is 11.9 Å². The molecule has 17 heavy (non-hydrogen) atoms. The predicted octanol–water partition coefficient (Wildman–Crippen LogP) is 0.545. The van der Waals surface area contributed by atoms with E-state index < -0.39 is 27.0 Å². The molecule has 1 atom stereocenters. The minimum absolute atomic E-state index is 0.193. The van der Waals surface area contributed by atoms with Crippen LogP contribution in [0.3, 0.4) is 0 Å². The number of ether oxygens (including phenoxy) is 1. The molecule has 1 fully saturated rings. The van der Waals surface area contributed by atoms with Gasteiger partial charge in [-0.25, -0.2) is 17.9 Å². The number of carbonyl (C=O) groups excluding carboxylic acids is 1. The molecule has 0 aliphatic carbocycles. The Hall–Kier alpha value is -0.820. The zero-order valence-corrected chi connectivity index (χ0v) is 11.5. The zero-order chi connectivity index (χ0) is 13.3. The van der Waals surface area contributed by atoms with Crippen LogP contribution >= 0.6 is 0 Å². The molecular formula is C10H20N2O4S. The summed E-state index contributed by atoms with van der Waals surface area (Å²) in [5.74, 6) is 0. The highest BCUT2D eigenvalue weighted by molar-refractivity contribution is 7.90. The molecule has 1 heterocycles. The molecule has 1 aliphatic heterocycles. The van der Waals surface area contributed by atoms with E-state index in [0.717, 1.165) is 0 Å². The minimum Gasteiger partial charge on any atom is -0.444 e. The third kappa shape index (κ3) is 3.85. The molecule has 1 rings (SSSR count). The van der Waals surface area contributed by atoms with Crippen molar-refractivity contribution in [3.8, 4) is 0 Å². The first-order valence-electron chi connectivity index (χ1n) is 5.56. The van der Waals surface area contributed by atoms with Gasteiger partial charge < -0.3 is 9.64 Å². The number of nitrogens with one attached hydrogen (secondary N) is 1. The fraction of sp³-hybridized carbons (Fsp3) is 0.900. The van der Waals surface area contributed by atoms with Crippen molar-refractivity contribution in [2.75, 3.05) is 20.1 Å². The van der Waals surface area contributed by atoms with E-state index in [-0.39, 0.29) is 6.54 Å². The van der Waals surface area contributed by atoms with Crippen LogP contribution < -0.4 is 4.72 Å². The highest BCUT2D eigenvalue weighted by Crippen LogP contribution is 2.19. The maximum atomic E-state index is 11.7. The van der Waals surface area contributed by atoms with E-state index in [0.29, 0.717) is 13.0 Å². The second-order valence-corrected chi connectivity index (χ2v) is 7.25. The topological polar surface area (TPSA) is 75.7 Å². The number of carbonyl (C=O) groups is 1. The smallest absolute Gasteiger partial charge is 0.410 e. The van der Waals surface area contributed by atoms with Crippen LogP contribution in [0, 0.1) is 0 Å². The van der Waals surface area contributed by atoms with Gasteiger partial charge in [0.15, 0.2) is 0 Å². The van der Waals surface area contributed by atoms with E-state index in [4.69, 9.17) is 4.74 Å². The number of rotatable bonds is 2. The van der Waals surface area contributed by atoms with E-state index in [9.17, 15) is 13.2 Å². The van der Waals surface area contributed by atoms with Crippen molar-refractivity contribution in [3.63, 3.8) is 0 Å². The Morgan fingerprint density at radius 1 is 1.41 bits per heavy atom. The van der Waals surface area contributed by atoms with E-state index in [1.54, 1.807) is 20.8 Å². The molecule has 6 nitrogen and oxygen atoms in total. The molecule has 1 saturated heterocycles. The van der Waals surface area contributed by atoms with Crippen molar-refractivity contribution in [1.29, 1.82) is 0 Å². The summed E-state index contributed by atoms with van der Waals surface area (Å²) >= 11 is 0. The van der Waals surface area contributed by atoms with Crippen LogP contribution in [0.4, 0.5) is 4.79 Å². The first-order valence-corrected chi connectivity index (χ1v) is 7.10. The Labute approximate surface area is 102 Å². The standard InChI is InChI=1S/C10H20N2O4S/c1-10(2,3)16-9(13)12-6-5-8(7-12)17(14,15)11-4/h8,11H,5-7H2,1-4H3/t8-/m0/s1. The second-order valence-electron chi connectivity index (χ2n) is 5.09. The van der Waals surface area contributed by atoms with Crippen LogP contribution in [-0.4, -0.2) is 50.4 Å². The number of hydrogen-bond donors (Lipinski definition) is 1. The Balaban J connectivity index is 2.60. The largest absolute Gasteiger partial charge is 0.444 e. The summed E-state index contributed by atoms with van der Waals surface area (Å²) in [7, 11) is -1.93. The van der Waals surface area contributed by atoms with E-state index >= 15 is 0 Å². The Morgan fingerprint density at radius 3 is 2.47 bits per heavy atom. The molecule has 0 unspecified atom stereocenters. The van der Waals surface area contributed by atoms with Gasteiger partial charge in [-0.3, -0.25) is 0 Å². The highest BCUT2D eigenvalue weighted by atomic mass is 32.2. The normalized spacial score (nSPS) is 21.6. The van der Waals surface area contributed by atoms with E-state index in [2.05, 4.69) is 4.72 Å². The summed E-state index contributed by atoms with van der Waals surface area (Å²) in [6.45, 7) is 5.95. The second kappa shape index (κ2) is 4.81. The number of nitrogens with zero attached hydrogens (tertiary/aromatic N) is 1. The molecule has 1 aliphatic rings. The van der Waals surface area contributed by atoms with Gasteiger partial charge in [-0.2, -0.15) is 0 Å². The van der Waals surface area contributed by atoms with Gasteiger partial charge in [-0.15, -0.1) is 0 Å². The summed E-state index contributed by atoms with van der Waals surface area (Å²) in [5.41, 5.74) is -0.558. The van der Waals surface area contributed by atoms with Gasteiger partial charge in [0.25, 0.3) is 0 Å². The molecule has 100 valence electrons. The van der Waals surface area contributed by atoms with Crippen LogP contribution in [0.15, 0.2) is 0 Å². The first-order chi connectivity index (χ1) is 7.65. The molecule has 0 radical (unpaired) electrons. The van der Waals surface area contributed by atoms with Crippen molar-refractivity contribution < 1.29 is 17.9 Å². The van der Waals surface area contributed by atoms with Crippen LogP contribution in [-0.2, 0) is 14.8 Å². The van der Waals surface area contributed by atoms with Crippen molar-refractivity contribution in [1.82, 2.24) is 9.62 Å². The highest BCUT2D eigenvalue weighted by Gasteiger charge is 2.36. The molecule has 0 aromatic carbocycles. The Kier molecular flexibility index (Phi) is 4.03. The number of hydrogen-bond acceptors (Lipinski definition) is 4. The lowest BCUT2D eigenvalue weighted by Gasteiger charge is -2.24. The van der Waals surface area contributed by atoms with Gasteiger partial charge in [-0.05, 0) is 34.2 Å². The number of amides is 1. The molecule has 1 N–H and O–H groups in total. The molecule has 0 aromatic heterocycles. The number of likely N-dealkylation sites (tertiary alicyclic amines) is 1. The fourth-order valence-electron chi connectivity index (χ4n) is 1.64. The number of sulfonamides is 1. The first kappa shape index (κ1) is 14.2. The minimum atomic E-state index is -3.31. The van der Waals surface area contributed by atoms with Crippen LogP contribution in [0.2, 0.25) is 0 Å². The average Bonchev–Trinajstić information content (AvgIpc) is 2.64. The van der Waals surface area contributed by atoms with Gasteiger partial charge in [0.2, 0.25) is 10.0 Å². The van der Waals surface area contributed by atoms with E-state index in [1.807, 2.05) is 0 Å². The lowest BCUT2D eigenvalue weighted by Crippen LogP contribution is -2.38. The molecule has 0 spiro atoms. The summed E-state index contributed by atoms with van der Waals surface area (Å²) < 4.78 is 30.6. The van der Waals surface area contributed by atoms with Crippen LogP contribution in [0.1, 0.15) is 27.2 Å². The molecule has 0 bridgehead atoms. The third-order valence-electron chi connectivity index (χ3n) is 2.52. The fourth-order valence-corrected chi connectivity index (χ4v) is 2.77. The maximum absolute atomic E-state index is 11.7. The maximum Gasteiger partial charge on any atom is 0.410 e. The third-order valence-corrected chi connectivity index (χ3v) is 4.35.